The van der Waals surface area contributed by atoms with E-state index in [1.54, 1.807) is 0 Å². The smallest absolute Gasteiger partial charge is 0.306 e. The molecular weight excluding hydrogens is 769 g/mol. The summed E-state index contributed by atoms with van der Waals surface area (Å²) < 4.78 is 16.7. The fraction of sp³-hybridized carbons (Fsp3) is 0.625. The summed E-state index contributed by atoms with van der Waals surface area (Å²) in [5, 5.41) is 0. The SMILES string of the molecule is CC/C=C/C=C/C=C/C=C/CCCCCC(=O)OCC(COC(=O)CCCCC/C=C/C/C=C/C/C=C/C/C=C/CC)OC(=O)CCCCCCCCC/C=C/CCCCCC. The minimum Gasteiger partial charge on any atom is -0.462 e. The standard InChI is InChI=1S/C56H90O6/c1-4-7-10-13-16-19-22-25-27-29-31-34-37-40-43-46-49-55(58)61-52-53(51-60-54(57)48-45-42-39-36-33-30-24-21-18-15-12-9-6-3)62-56(59)50-47-44-41-38-35-32-28-26-23-20-17-14-11-8-5-2/h7,9-10,12,15-16,18-21,23-25,27,30-31,33-34,53H,4-6,8,11,13-14,17,22,26,28-29,32,35-52H2,1-3H3/b10-7+,12-9+,18-15+,19-16+,23-20+,24-21+,27-25+,33-30+,34-31+. The third-order valence-electron chi connectivity index (χ3n) is 10.1. The first-order valence-electron chi connectivity index (χ1n) is 24.9. The summed E-state index contributed by atoms with van der Waals surface area (Å²) in [6.07, 6.45) is 66.4. The van der Waals surface area contributed by atoms with Gasteiger partial charge in [-0.1, -0.05) is 194 Å². The van der Waals surface area contributed by atoms with Crippen molar-refractivity contribution in [2.75, 3.05) is 13.2 Å². The Morgan fingerprint density at radius 1 is 0.355 bits per heavy atom. The largest absolute Gasteiger partial charge is 0.462 e. The Morgan fingerprint density at radius 2 is 0.710 bits per heavy atom. The second-order valence-corrected chi connectivity index (χ2v) is 16.0. The molecule has 0 fully saturated rings. The maximum Gasteiger partial charge on any atom is 0.306 e. The molecule has 0 aromatic rings. The zero-order valence-corrected chi connectivity index (χ0v) is 39.8. The Morgan fingerprint density at radius 3 is 1.21 bits per heavy atom. The van der Waals surface area contributed by atoms with E-state index in [1.807, 2.05) is 36.5 Å². The van der Waals surface area contributed by atoms with E-state index in [4.69, 9.17) is 14.2 Å². The maximum absolute atomic E-state index is 12.8. The highest BCUT2D eigenvalue weighted by Crippen LogP contribution is 2.13. The van der Waals surface area contributed by atoms with E-state index >= 15 is 0 Å². The normalized spacial score (nSPS) is 13.0. The van der Waals surface area contributed by atoms with Crippen molar-refractivity contribution in [2.45, 2.75) is 213 Å². The molecule has 0 N–H and O–H groups in total. The fourth-order valence-electron chi connectivity index (χ4n) is 6.38. The van der Waals surface area contributed by atoms with Crippen molar-refractivity contribution in [3.63, 3.8) is 0 Å². The topological polar surface area (TPSA) is 78.9 Å². The van der Waals surface area contributed by atoms with Gasteiger partial charge in [0, 0.05) is 19.3 Å². The van der Waals surface area contributed by atoms with Crippen LogP contribution in [-0.2, 0) is 28.6 Å². The van der Waals surface area contributed by atoms with E-state index in [9.17, 15) is 14.4 Å². The van der Waals surface area contributed by atoms with Gasteiger partial charge in [0.1, 0.15) is 13.2 Å². The number of carbonyl (C=O) groups excluding carboxylic acids is 3. The molecule has 0 rings (SSSR count). The van der Waals surface area contributed by atoms with Crippen LogP contribution in [0, 0.1) is 0 Å². The van der Waals surface area contributed by atoms with E-state index < -0.39 is 6.10 Å². The fourth-order valence-corrected chi connectivity index (χ4v) is 6.38. The summed E-state index contributed by atoms with van der Waals surface area (Å²) >= 11 is 0. The van der Waals surface area contributed by atoms with Crippen LogP contribution in [0.25, 0.3) is 0 Å². The minimum absolute atomic E-state index is 0.111. The van der Waals surface area contributed by atoms with Crippen LogP contribution in [0.15, 0.2) is 109 Å². The molecule has 0 aromatic carbocycles. The number of unbranched alkanes of at least 4 members (excludes halogenated alkanes) is 17. The zero-order valence-electron chi connectivity index (χ0n) is 39.8. The van der Waals surface area contributed by atoms with Crippen LogP contribution in [-0.4, -0.2) is 37.2 Å². The van der Waals surface area contributed by atoms with Gasteiger partial charge in [0.05, 0.1) is 0 Å². The van der Waals surface area contributed by atoms with Crippen molar-refractivity contribution in [1.82, 2.24) is 0 Å². The first-order chi connectivity index (χ1) is 30.5. The summed E-state index contributed by atoms with van der Waals surface area (Å²) in [5.74, 6) is -0.991. The summed E-state index contributed by atoms with van der Waals surface area (Å²) in [7, 11) is 0. The quantitative estimate of drug-likeness (QED) is 0.0200. The Hall–Kier alpha value is -3.93. The van der Waals surface area contributed by atoms with Crippen LogP contribution in [0.4, 0.5) is 0 Å². The molecule has 1 unspecified atom stereocenters. The molecule has 0 saturated carbocycles. The molecule has 0 aliphatic carbocycles. The van der Waals surface area contributed by atoms with Gasteiger partial charge < -0.3 is 14.2 Å². The third kappa shape index (κ3) is 47.1. The lowest BCUT2D eigenvalue weighted by molar-refractivity contribution is -0.167. The zero-order chi connectivity index (χ0) is 45.1. The van der Waals surface area contributed by atoms with Crippen molar-refractivity contribution in [2.24, 2.45) is 0 Å². The number of esters is 3. The minimum atomic E-state index is -0.811. The summed E-state index contributed by atoms with van der Waals surface area (Å²) in [4.78, 5) is 37.9. The van der Waals surface area contributed by atoms with Gasteiger partial charge in [-0.3, -0.25) is 14.4 Å². The molecule has 0 radical (unpaired) electrons. The molecule has 1 atom stereocenters. The Kier molecular flexibility index (Phi) is 46.6. The van der Waals surface area contributed by atoms with Gasteiger partial charge in [-0.2, -0.15) is 0 Å². The van der Waals surface area contributed by atoms with Crippen molar-refractivity contribution in [3.8, 4) is 0 Å². The van der Waals surface area contributed by atoms with E-state index in [0.717, 1.165) is 103 Å². The molecule has 0 heterocycles. The third-order valence-corrected chi connectivity index (χ3v) is 10.1. The van der Waals surface area contributed by atoms with Crippen LogP contribution >= 0.6 is 0 Å². The summed E-state index contributed by atoms with van der Waals surface area (Å²) in [6, 6.07) is 0. The second-order valence-electron chi connectivity index (χ2n) is 16.0. The molecule has 0 aromatic heterocycles. The van der Waals surface area contributed by atoms with E-state index in [1.165, 1.54) is 64.2 Å². The predicted octanol–water partition coefficient (Wildman–Crippen LogP) is 16.4. The molecule has 0 bridgehead atoms. The molecule has 0 spiro atoms. The van der Waals surface area contributed by atoms with Crippen LogP contribution < -0.4 is 0 Å². The van der Waals surface area contributed by atoms with Gasteiger partial charge in [0.25, 0.3) is 0 Å². The molecule has 0 amide bonds. The Balaban J connectivity index is 4.52. The van der Waals surface area contributed by atoms with Crippen molar-refractivity contribution >= 4 is 17.9 Å². The molecular formula is C56H90O6. The number of rotatable bonds is 43. The van der Waals surface area contributed by atoms with Crippen LogP contribution in [0.2, 0.25) is 0 Å². The van der Waals surface area contributed by atoms with Gasteiger partial charge in [-0.25, -0.2) is 0 Å². The molecule has 6 nitrogen and oxygen atoms in total. The highest BCUT2D eigenvalue weighted by atomic mass is 16.6. The number of hydrogen-bond donors (Lipinski definition) is 0. The molecule has 350 valence electrons. The van der Waals surface area contributed by atoms with E-state index in [2.05, 4.69) is 93.7 Å². The molecule has 0 aliphatic heterocycles. The van der Waals surface area contributed by atoms with Crippen LogP contribution in [0.5, 0.6) is 0 Å². The van der Waals surface area contributed by atoms with Gasteiger partial charge in [0.15, 0.2) is 6.10 Å². The van der Waals surface area contributed by atoms with Crippen molar-refractivity contribution < 1.29 is 28.6 Å². The Labute approximate surface area is 380 Å². The van der Waals surface area contributed by atoms with Crippen LogP contribution in [0.1, 0.15) is 207 Å². The van der Waals surface area contributed by atoms with Crippen LogP contribution in [0.3, 0.4) is 0 Å². The molecule has 0 aliphatic rings. The first-order valence-corrected chi connectivity index (χ1v) is 24.9. The van der Waals surface area contributed by atoms with Gasteiger partial charge in [-0.05, 0) is 103 Å². The average Bonchev–Trinajstić information content (AvgIpc) is 3.27. The highest BCUT2D eigenvalue weighted by molar-refractivity contribution is 5.71. The molecule has 62 heavy (non-hydrogen) atoms. The monoisotopic (exact) mass is 859 g/mol. The average molecular weight is 859 g/mol. The molecule has 0 saturated heterocycles. The number of ether oxygens (including phenoxy) is 3. The first kappa shape index (κ1) is 58.1. The van der Waals surface area contributed by atoms with E-state index in [-0.39, 0.29) is 31.1 Å². The maximum atomic E-state index is 12.8. The summed E-state index contributed by atoms with van der Waals surface area (Å²) in [5.41, 5.74) is 0. The number of allylic oxidation sites excluding steroid dienone is 18. The van der Waals surface area contributed by atoms with Crippen molar-refractivity contribution in [3.05, 3.63) is 109 Å². The highest BCUT2D eigenvalue weighted by Gasteiger charge is 2.19. The van der Waals surface area contributed by atoms with E-state index in [0.29, 0.717) is 19.3 Å². The lowest BCUT2D eigenvalue weighted by Gasteiger charge is -2.18. The lowest BCUT2D eigenvalue weighted by atomic mass is 10.1. The van der Waals surface area contributed by atoms with Gasteiger partial charge in [0.2, 0.25) is 0 Å². The lowest BCUT2D eigenvalue weighted by Crippen LogP contribution is -2.30. The van der Waals surface area contributed by atoms with Gasteiger partial charge >= 0.3 is 17.9 Å². The summed E-state index contributed by atoms with van der Waals surface area (Å²) in [6.45, 7) is 6.29. The molecule has 6 heteroatoms. The number of carbonyl (C=O) groups is 3. The number of hydrogen-bond acceptors (Lipinski definition) is 6. The Bertz CT molecular complexity index is 1310. The van der Waals surface area contributed by atoms with Crippen molar-refractivity contribution in [1.29, 1.82) is 0 Å². The van der Waals surface area contributed by atoms with Gasteiger partial charge in [-0.15, -0.1) is 0 Å². The second kappa shape index (κ2) is 49.7. The predicted molar refractivity (Wildman–Crippen MR) is 265 cm³/mol.